The van der Waals surface area contributed by atoms with E-state index < -0.39 is 29.2 Å². The normalized spacial score (nSPS) is 15.8. The molecule has 0 saturated carbocycles. The predicted octanol–water partition coefficient (Wildman–Crippen LogP) is 6.57. The van der Waals surface area contributed by atoms with Crippen LogP contribution in [0.3, 0.4) is 0 Å². The second-order valence-corrected chi connectivity index (χ2v) is 9.26. The second kappa shape index (κ2) is 9.78. The highest BCUT2D eigenvalue weighted by molar-refractivity contribution is 6.32. The van der Waals surface area contributed by atoms with Gasteiger partial charge in [0.1, 0.15) is 23.3 Å². The van der Waals surface area contributed by atoms with E-state index in [4.69, 9.17) is 37.9 Å². The Kier molecular flexibility index (Phi) is 7.04. The Morgan fingerprint density at radius 3 is 2.38 bits per heavy atom. The molecule has 0 radical (unpaired) electrons. The van der Waals surface area contributed by atoms with Crippen LogP contribution in [-0.2, 0) is 10.4 Å². The van der Waals surface area contributed by atoms with E-state index in [2.05, 4.69) is 0 Å². The van der Waals surface area contributed by atoms with Crippen molar-refractivity contribution in [2.24, 2.45) is 0 Å². The van der Waals surface area contributed by atoms with E-state index in [9.17, 15) is 23.1 Å². The number of fused-ring (bicyclic) bond motifs is 1. The highest BCUT2D eigenvalue weighted by Crippen LogP contribution is 2.51. The average molecular weight is 551 g/mol. The van der Waals surface area contributed by atoms with E-state index in [-0.39, 0.29) is 50.7 Å². The van der Waals surface area contributed by atoms with Crippen molar-refractivity contribution in [1.82, 2.24) is 0 Å². The van der Waals surface area contributed by atoms with Gasteiger partial charge in [0.25, 0.3) is 5.91 Å². The van der Waals surface area contributed by atoms with Gasteiger partial charge in [-0.2, -0.15) is 18.4 Å². The van der Waals surface area contributed by atoms with Crippen LogP contribution in [0.5, 0.6) is 17.2 Å². The summed E-state index contributed by atoms with van der Waals surface area (Å²) in [4.78, 5) is 13.2. The van der Waals surface area contributed by atoms with Crippen molar-refractivity contribution in [2.75, 3.05) is 18.6 Å². The number of likely N-dealkylation sites (N-methyl/N-ethyl adjacent to an activating group) is 1. The molecular formula is C26H19Cl2F3N2O4. The van der Waals surface area contributed by atoms with Crippen molar-refractivity contribution >= 4 is 34.8 Å². The number of hydrogen-bond acceptors (Lipinski definition) is 5. The summed E-state index contributed by atoms with van der Waals surface area (Å²) in [5, 5.41) is 20.6. The Labute approximate surface area is 220 Å². The van der Waals surface area contributed by atoms with Gasteiger partial charge in [-0.15, -0.1) is 0 Å². The van der Waals surface area contributed by atoms with Crippen molar-refractivity contribution in [3.63, 3.8) is 0 Å². The molecule has 1 N–H and O–H groups in total. The van der Waals surface area contributed by atoms with Crippen LogP contribution >= 0.6 is 23.2 Å². The van der Waals surface area contributed by atoms with Crippen LogP contribution in [0.25, 0.3) is 0 Å². The van der Waals surface area contributed by atoms with Gasteiger partial charge in [-0.1, -0.05) is 36.2 Å². The number of amides is 1. The minimum atomic E-state index is -5.13. The van der Waals surface area contributed by atoms with Crippen LogP contribution < -0.4 is 14.4 Å². The number of anilines is 1. The van der Waals surface area contributed by atoms with E-state index in [0.717, 1.165) is 12.1 Å². The molecule has 3 aromatic rings. The molecule has 6 nitrogen and oxygen atoms in total. The van der Waals surface area contributed by atoms with E-state index in [1.54, 1.807) is 0 Å². The fourth-order valence-electron chi connectivity index (χ4n) is 4.10. The number of alkyl halides is 3. The number of benzene rings is 3. The van der Waals surface area contributed by atoms with Gasteiger partial charge < -0.3 is 19.5 Å². The lowest BCUT2D eigenvalue weighted by Crippen LogP contribution is -2.47. The van der Waals surface area contributed by atoms with Gasteiger partial charge in [-0.05, 0) is 53.6 Å². The minimum Gasteiger partial charge on any atom is -0.482 e. The lowest BCUT2D eigenvalue weighted by Gasteiger charge is -2.38. The summed E-state index contributed by atoms with van der Waals surface area (Å²) in [7, 11) is 1.41. The monoisotopic (exact) mass is 550 g/mol. The van der Waals surface area contributed by atoms with Crippen LogP contribution in [0.2, 0.25) is 10.0 Å². The number of nitriles is 1. The molecule has 2 unspecified atom stereocenters. The maximum Gasteiger partial charge on any atom is 0.422 e. The SMILES string of the molecule is CC(c1cc(Oc2ccc(Cl)c(C#N)c2)ccc1Cl)C(O)(c1ccc2c(c1)N(C)C(=O)CO2)C(F)(F)F. The summed E-state index contributed by atoms with van der Waals surface area (Å²) in [5.41, 5.74) is -3.65. The van der Waals surface area contributed by atoms with Crippen LogP contribution in [0.4, 0.5) is 18.9 Å². The van der Waals surface area contributed by atoms with Crippen molar-refractivity contribution in [2.45, 2.75) is 24.6 Å². The van der Waals surface area contributed by atoms with Crippen LogP contribution in [0.1, 0.15) is 29.5 Å². The van der Waals surface area contributed by atoms with Gasteiger partial charge >= 0.3 is 6.18 Å². The fraction of sp³-hybridized carbons (Fsp3) is 0.231. The van der Waals surface area contributed by atoms with Gasteiger partial charge in [-0.25, -0.2) is 0 Å². The lowest BCUT2D eigenvalue weighted by atomic mass is 9.77. The smallest absolute Gasteiger partial charge is 0.422 e. The largest absolute Gasteiger partial charge is 0.482 e. The molecular weight excluding hydrogens is 532 g/mol. The molecule has 1 amide bonds. The van der Waals surface area contributed by atoms with E-state index >= 15 is 0 Å². The number of nitrogens with zero attached hydrogens (tertiary/aromatic N) is 2. The molecule has 0 aromatic heterocycles. The number of rotatable bonds is 5. The molecule has 0 spiro atoms. The van der Waals surface area contributed by atoms with E-state index in [1.807, 2.05) is 6.07 Å². The van der Waals surface area contributed by atoms with Crippen LogP contribution in [-0.4, -0.2) is 30.8 Å². The maximum atomic E-state index is 14.6. The molecule has 192 valence electrons. The van der Waals surface area contributed by atoms with Crippen molar-refractivity contribution in [1.29, 1.82) is 5.26 Å². The number of hydrogen-bond donors (Lipinski definition) is 1. The number of ether oxygens (including phenoxy) is 2. The molecule has 0 saturated heterocycles. The van der Waals surface area contributed by atoms with E-state index in [0.29, 0.717) is 0 Å². The molecule has 1 heterocycles. The van der Waals surface area contributed by atoms with Gasteiger partial charge in [-0.3, -0.25) is 4.79 Å². The summed E-state index contributed by atoms with van der Waals surface area (Å²) >= 11 is 12.2. The van der Waals surface area contributed by atoms with Gasteiger partial charge in [0, 0.05) is 24.1 Å². The van der Waals surface area contributed by atoms with Crippen molar-refractivity contribution in [3.05, 3.63) is 81.3 Å². The highest BCUT2D eigenvalue weighted by atomic mass is 35.5. The molecule has 0 bridgehead atoms. The number of aliphatic hydroxyl groups is 1. The Hall–Kier alpha value is -3.45. The Morgan fingerprint density at radius 1 is 1.08 bits per heavy atom. The topological polar surface area (TPSA) is 82.8 Å². The van der Waals surface area contributed by atoms with Gasteiger partial charge in [0.15, 0.2) is 12.2 Å². The third-order valence-corrected chi connectivity index (χ3v) is 6.95. The molecule has 1 aliphatic heterocycles. The zero-order valence-electron chi connectivity index (χ0n) is 19.4. The molecule has 2 atom stereocenters. The summed E-state index contributed by atoms with van der Waals surface area (Å²) < 4.78 is 54.7. The molecule has 37 heavy (non-hydrogen) atoms. The number of carbonyl (C=O) groups is 1. The molecule has 3 aromatic carbocycles. The first kappa shape index (κ1) is 26.6. The summed E-state index contributed by atoms with van der Waals surface area (Å²) in [6.07, 6.45) is -5.13. The number of carbonyl (C=O) groups excluding carboxylic acids is 1. The maximum absolute atomic E-state index is 14.6. The Morgan fingerprint density at radius 2 is 1.73 bits per heavy atom. The fourth-order valence-corrected chi connectivity index (χ4v) is 4.54. The van der Waals surface area contributed by atoms with Crippen molar-refractivity contribution in [3.8, 4) is 23.3 Å². The minimum absolute atomic E-state index is 0.0232. The second-order valence-electron chi connectivity index (χ2n) is 8.45. The van der Waals surface area contributed by atoms with E-state index in [1.165, 1.54) is 61.3 Å². The third-order valence-electron chi connectivity index (χ3n) is 6.27. The first-order chi connectivity index (χ1) is 17.4. The van der Waals surface area contributed by atoms with Crippen LogP contribution in [0.15, 0.2) is 54.6 Å². The summed E-state index contributed by atoms with van der Waals surface area (Å²) in [6, 6.07) is 13.8. The summed E-state index contributed by atoms with van der Waals surface area (Å²) in [5.74, 6) is -1.47. The average Bonchev–Trinajstić information content (AvgIpc) is 2.86. The van der Waals surface area contributed by atoms with Crippen LogP contribution in [0, 0.1) is 11.3 Å². The highest BCUT2D eigenvalue weighted by Gasteiger charge is 2.59. The lowest BCUT2D eigenvalue weighted by molar-refractivity contribution is -0.274. The zero-order chi connectivity index (χ0) is 27.1. The quantitative estimate of drug-likeness (QED) is 0.388. The van der Waals surface area contributed by atoms with Crippen molar-refractivity contribution < 1.29 is 32.5 Å². The number of halogens is 5. The molecule has 0 aliphatic carbocycles. The molecule has 11 heteroatoms. The molecule has 1 aliphatic rings. The standard InChI is InChI=1S/C26H19Cl2F3N2O4/c1-14(19-11-18(5-7-21(19)28)37-17-4-6-20(27)15(9-17)12-32)25(35,26(29,30)31)16-3-8-23-22(10-16)33(2)24(34)13-36-23/h3-11,14,35H,13H2,1-2H3. The molecule has 0 fully saturated rings. The Bertz CT molecular complexity index is 1420. The van der Waals surface area contributed by atoms with Gasteiger partial charge in [0.05, 0.1) is 16.3 Å². The first-order valence-corrected chi connectivity index (χ1v) is 11.6. The van der Waals surface area contributed by atoms with Gasteiger partial charge in [0.2, 0.25) is 0 Å². The summed E-state index contributed by atoms with van der Waals surface area (Å²) in [6.45, 7) is 0.952. The molecule has 4 rings (SSSR count). The zero-order valence-corrected chi connectivity index (χ0v) is 20.9. The predicted molar refractivity (Wildman–Crippen MR) is 131 cm³/mol. The Balaban J connectivity index is 1.77. The first-order valence-electron chi connectivity index (χ1n) is 10.9. The third kappa shape index (κ3) is 4.80.